The molecule has 0 aliphatic rings. The van der Waals surface area contributed by atoms with E-state index in [1.807, 2.05) is 6.07 Å². The molecule has 5 heteroatoms. The second kappa shape index (κ2) is 7.98. The number of amides is 2. The molecule has 120 valence electrons. The third-order valence-corrected chi connectivity index (χ3v) is 3.25. The van der Waals surface area contributed by atoms with E-state index in [2.05, 4.69) is 12.2 Å². The van der Waals surface area contributed by atoms with Crippen LogP contribution < -0.4 is 15.8 Å². The Morgan fingerprint density at radius 2 is 1.83 bits per heavy atom. The van der Waals surface area contributed by atoms with E-state index in [0.717, 1.165) is 12.8 Å². The van der Waals surface area contributed by atoms with Gasteiger partial charge in [-0.2, -0.15) is 0 Å². The monoisotopic (exact) mass is 312 g/mol. The molecule has 0 radical (unpaired) electrons. The summed E-state index contributed by atoms with van der Waals surface area (Å²) in [5, 5.41) is 2.76. The van der Waals surface area contributed by atoms with E-state index >= 15 is 0 Å². The fraction of sp³-hybridized carbons (Fsp3) is 0.222. The van der Waals surface area contributed by atoms with Crippen LogP contribution in [0.2, 0.25) is 0 Å². The quantitative estimate of drug-likeness (QED) is 0.770. The van der Waals surface area contributed by atoms with Crippen LogP contribution in [0, 0.1) is 0 Å². The molecular weight excluding hydrogens is 292 g/mol. The lowest BCUT2D eigenvalue weighted by Gasteiger charge is -2.11. The molecular formula is C18H20N2O3. The van der Waals surface area contributed by atoms with Crippen molar-refractivity contribution < 1.29 is 14.3 Å². The van der Waals surface area contributed by atoms with E-state index < -0.39 is 5.91 Å². The third-order valence-electron chi connectivity index (χ3n) is 3.25. The first-order chi connectivity index (χ1) is 11.1. The number of hydrogen-bond donors (Lipinski definition) is 2. The van der Waals surface area contributed by atoms with Gasteiger partial charge in [0, 0.05) is 22.9 Å². The Kier molecular flexibility index (Phi) is 5.74. The Hall–Kier alpha value is -2.82. The van der Waals surface area contributed by atoms with Crippen LogP contribution in [-0.4, -0.2) is 18.4 Å². The van der Waals surface area contributed by atoms with E-state index in [1.165, 1.54) is 6.07 Å². The Morgan fingerprint density at radius 3 is 2.48 bits per heavy atom. The smallest absolute Gasteiger partial charge is 0.255 e. The highest BCUT2D eigenvalue weighted by atomic mass is 16.5. The van der Waals surface area contributed by atoms with E-state index in [1.54, 1.807) is 36.4 Å². The molecule has 23 heavy (non-hydrogen) atoms. The molecule has 2 aromatic rings. The summed E-state index contributed by atoms with van der Waals surface area (Å²) in [6.07, 6.45) is 1.92. The van der Waals surface area contributed by atoms with Crippen molar-refractivity contribution in [1.82, 2.24) is 0 Å². The van der Waals surface area contributed by atoms with Gasteiger partial charge in [0.15, 0.2) is 0 Å². The van der Waals surface area contributed by atoms with Crippen LogP contribution in [0.15, 0.2) is 48.5 Å². The van der Waals surface area contributed by atoms with Crippen LogP contribution in [0.4, 0.5) is 5.69 Å². The van der Waals surface area contributed by atoms with Gasteiger partial charge in [-0.05, 0) is 30.7 Å². The van der Waals surface area contributed by atoms with Crippen molar-refractivity contribution in [1.29, 1.82) is 0 Å². The lowest BCUT2D eigenvalue weighted by molar-refractivity contribution is 0.0995. The molecule has 0 saturated carbocycles. The highest BCUT2D eigenvalue weighted by Crippen LogP contribution is 2.22. The average Bonchev–Trinajstić information content (AvgIpc) is 2.55. The van der Waals surface area contributed by atoms with Crippen molar-refractivity contribution >= 4 is 17.5 Å². The van der Waals surface area contributed by atoms with Crippen LogP contribution in [-0.2, 0) is 0 Å². The van der Waals surface area contributed by atoms with Crippen LogP contribution in [0.1, 0.15) is 40.5 Å². The van der Waals surface area contributed by atoms with Gasteiger partial charge in [0.2, 0.25) is 5.91 Å². The molecule has 0 saturated heterocycles. The lowest BCUT2D eigenvalue weighted by Crippen LogP contribution is -2.15. The van der Waals surface area contributed by atoms with Crippen molar-refractivity contribution in [3.05, 3.63) is 59.7 Å². The highest BCUT2D eigenvalue weighted by Gasteiger charge is 2.10. The number of anilines is 1. The minimum absolute atomic E-state index is 0.258. The molecule has 2 rings (SSSR count). The summed E-state index contributed by atoms with van der Waals surface area (Å²) in [7, 11) is 0. The number of unbranched alkanes of at least 4 members (excludes halogenated alkanes) is 1. The molecule has 0 aliphatic carbocycles. The summed E-state index contributed by atoms with van der Waals surface area (Å²) < 4.78 is 5.61. The third kappa shape index (κ3) is 4.85. The summed E-state index contributed by atoms with van der Waals surface area (Å²) in [6, 6.07) is 13.6. The van der Waals surface area contributed by atoms with Gasteiger partial charge in [-0.1, -0.05) is 31.5 Å². The van der Waals surface area contributed by atoms with Gasteiger partial charge in [-0.25, -0.2) is 0 Å². The number of rotatable bonds is 7. The van der Waals surface area contributed by atoms with Crippen LogP contribution in [0.5, 0.6) is 5.75 Å². The molecule has 0 spiro atoms. The van der Waals surface area contributed by atoms with Gasteiger partial charge >= 0.3 is 0 Å². The zero-order valence-electron chi connectivity index (χ0n) is 13.0. The Morgan fingerprint density at radius 1 is 1.09 bits per heavy atom. The number of nitrogens with one attached hydrogen (secondary N) is 1. The predicted octanol–water partition coefficient (Wildman–Crippen LogP) is 3.22. The number of carbonyl (C=O) groups is 2. The molecule has 5 nitrogen and oxygen atoms in total. The summed E-state index contributed by atoms with van der Waals surface area (Å²) in [5.41, 5.74) is 6.64. The van der Waals surface area contributed by atoms with Crippen LogP contribution in [0.3, 0.4) is 0 Å². The molecule has 0 aliphatic heterocycles. The largest absolute Gasteiger partial charge is 0.493 e. The number of primary amides is 1. The minimum Gasteiger partial charge on any atom is -0.493 e. The fourth-order valence-electron chi connectivity index (χ4n) is 2.02. The molecule has 2 amide bonds. The van der Waals surface area contributed by atoms with E-state index in [9.17, 15) is 9.59 Å². The highest BCUT2D eigenvalue weighted by molar-refractivity contribution is 6.05. The predicted molar refractivity (Wildman–Crippen MR) is 89.8 cm³/mol. The first kappa shape index (κ1) is 16.5. The summed E-state index contributed by atoms with van der Waals surface area (Å²) in [5.74, 6) is -0.314. The van der Waals surface area contributed by atoms with Crippen LogP contribution >= 0.6 is 0 Å². The van der Waals surface area contributed by atoms with Crippen molar-refractivity contribution in [3.63, 3.8) is 0 Å². The SMILES string of the molecule is CCCCOc1cc(NC(=O)c2ccccc2)cc(C(N)=O)c1. The van der Waals surface area contributed by atoms with Crippen molar-refractivity contribution in [2.24, 2.45) is 5.73 Å². The standard InChI is InChI=1S/C18H20N2O3/c1-2-3-9-23-16-11-14(17(19)21)10-15(12-16)20-18(22)13-7-5-4-6-8-13/h4-8,10-12H,2-3,9H2,1H3,(H2,19,21)(H,20,22). The van der Waals surface area contributed by atoms with E-state index in [-0.39, 0.29) is 5.91 Å². The average molecular weight is 312 g/mol. The molecule has 0 unspecified atom stereocenters. The Labute approximate surface area is 135 Å². The summed E-state index contributed by atoms with van der Waals surface area (Å²) >= 11 is 0. The number of ether oxygens (including phenoxy) is 1. The van der Waals surface area contributed by atoms with E-state index in [0.29, 0.717) is 29.2 Å². The Balaban J connectivity index is 2.19. The van der Waals surface area contributed by atoms with Crippen molar-refractivity contribution in [3.8, 4) is 5.75 Å². The molecule has 2 aromatic carbocycles. The maximum Gasteiger partial charge on any atom is 0.255 e. The zero-order chi connectivity index (χ0) is 16.7. The lowest BCUT2D eigenvalue weighted by atomic mass is 10.1. The molecule has 0 heterocycles. The van der Waals surface area contributed by atoms with Crippen molar-refractivity contribution in [2.45, 2.75) is 19.8 Å². The molecule has 0 fully saturated rings. The first-order valence-electron chi connectivity index (χ1n) is 7.54. The van der Waals surface area contributed by atoms with E-state index in [4.69, 9.17) is 10.5 Å². The second-order valence-electron chi connectivity index (χ2n) is 5.13. The van der Waals surface area contributed by atoms with Crippen molar-refractivity contribution in [2.75, 3.05) is 11.9 Å². The zero-order valence-corrected chi connectivity index (χ0v) is 13.0. The maximum atomic E-state index is 12.2. The summed E-state index contributed by atoms with van der Waals surface area (Å²) in [6.45, 7) is 2.61. The first-order valence-corrected chi connectivity index (χ1v) is 7.54. The summed E-state index contributed by atoms with van der Waals surface area (Å²) in [4.78, 5) is 23.6. The molecule has 3 N–H and O–H groups in total. The fourth-order valence-corrected chi connectivity index (χ4v) is 2.02. The number of benzene rings is 2. The van der Waals surface area contributed by atoms with Gasteiger partial charge in [0.05, 0.1) is 6.61 Å². The van der Waals surface area contributed by atoms with Crippen LogP contribution in [0.25, 0.3) is 0 Å². The van der Waals surface area contributed by atoms with Gasteiger partial charge in [0.1, 0.15) is 5.75 Å². The number of nitrogens with two attached hydrogens (primary N) is 1. The molecule has 0 aromatic heterocycles. The van der Waals surface area contributed by atoms with Gasteiger partial charge < -0.3 is 15.8 Å². The number of carbonyl (C=O) groups excluding carboxylic acids is 2. The molecule has 0 atom stereocenters. The topological polar surface area (TPSA) is 81.4 Å². The minimum atomic E-state index is -0.568. The van der Waals surface area contributed by atoms with Gasteiger partial charge in [-0.3, -0.25) is 9.59 Å². The normalized spacial score (nSPS) is 10.1. The van der Waals surface area contributed by atoms with Gasteiger partial charge in [-0.15, -0.1) is 0 Å². The van der Waals surface area contributed by atoms with Gasteiger partial charge in [0.25, 0.3) is 5.91 Å². The molecule has 0 bridgehead atoms. The Bertz CT molecular complexity index is 684. The second-order valence-corrected chi connectivity index (χ2v) is 5.13. The number of hydrogen-bond acceptors (Lipinski definition) is 3. The maximum absolute atomic E-state index is 12.2.